The third-order valence-corrected chi connectivity index (χ3v) is 7.56. The number of anilines is 1. The second-order valence-corrected chi connectivity index (χ2v) is 9.72. The smallest absolute Gasteiger partial charge is 0.146 e. The molecule has 5 heterocycles. The monoisotopic (exact) mass is 459 g/mol. The van der Waals surface area contributed by atoms with Crippen molar-refractivity contribution in [2.24, 2.45) is 0 Å². The van der Waals surface area contributed by atoms with E-state index in [0.29, 0.717) is 0 Å². The van der Waals surface area contributed by atoms with Crippen LogP contribution in [0.25, 0.3) is 20.7 Å². The predicted octanol–water partition coefficient (Wildman–Crippen LogP) is 3.39. The number of nitrogens with one attached hydrogen (secondary N) is 1. The second kappa shape index (κ2) is 10.3. The van der Waals surface area contributed by atoms with Crippen LogP contribution in [0.3, 0.4) is 0 Å². The number of hydrogen-bond acceptors (Lipinski definition) is 9. The predicted molar refractivity (Wildman–Crippen MR) is 127 cm³/mol. The van der Waals surface area contributed by atoms with Crippen LogP contribution in [0, 0.1) is 0 Å². The molecule has 9 heteroatoms. The van der Waals surface area contributed by atoms with Crippen molar-refractivity contribution in [1.29, 1.82) is 0 Å². The fourth-order valence-electron chi connectivity index (χ4n) is 4.09. The van der Waals surface area contributed by atoms with Gasteiger partial charge in [-0.25, -0.2) is 9.97 Å². The van der Waals surface area contributed by atoms with Gasteiger partial charge in [0.2, 0.25) is 0 Å². The third kappa shape index (κ3) is 5.24. The summed E-state index contributed by atoms with van der Waals surface area (Å²) in [6.45, 7) is 9.99. The highest BCUT2D eigenvalue weighted by Crippen LogP contribution is 2.39. The van der Waals surface area contributed by atoms with E-state index in [-0.39, 0.29) is 0 Å². The number of fused-ring (bicyclic) bond motifs is 1. The van der Waals surface area contributed by atoms with Gasteiger partial charge in [-0.1, -0.05) is 6.07 Å². The Labute approximate surface area is 191 Å². The van der Waals surface area contributed by atoms with Gasteiger partial charge in [-0.05, 0) is 24.4 Å². The maximum Gasteiger partial charge on any atom is 0.146 e. The van der Waals surface area contributed by atoms with Gasteiger partial charge in [-0.15, -0.1) is 22.7 Å². The summed E-state index contributed by atoms with van der Waals surface area (Å²) >= 11 is 3.48. The number of nitrogens with zero attached hydrogens (tertiary/aromatic N) is 4. The largest absolute Gasteiger partial charge is 0.379 e. The van der Waals surface area contributed by atoms with Gasteiger partial charge in [0.1, 0.15) is 16.5 Å². The summed E-state index contributed by atoms with van der Waals surface area (Å²) < 4.78 is 10.9. The van der Waals surface area contributed by atoms with Crippen molar-refractivity contribution < 1.29 is 9.47 Å². The standard InChI is InChI=1S/C22H29N5O2S2/c1-3-18(30-14-1)17-16-31-22-20(17)21(23-4-2-5-26-6-10-28-11-7-26)24-19(25-22)15-27-8-12-29-13-9-27/h1,3,14,16H,2,4-13,15H2,(H,23,24,25). The maximum absolute atomic E-state index is 5.49. The molecule has 0 unspecified atom stereocenters. The van der Waals surface area contributed by atoms with Crippen molar-refractivity contribution in [1.82, 2.24) is 19.8 Å². The van der Waals surface area contributed by atoms with Gasteiger partial charge in [0.25, 0.3) is 0 Å². The van der Waals surface area contributed by atoms with Gasteiger partial charge in [-0.3, -0.25) is 9.80 Å². The summed E-state index contributed by atoms with van der Waals surface area (Å²) in [5, 5.41) is 9.16. The Morgan fingerprint density at radius 1 is 0.968 bits per heavy atom. The minimum atomic E-state index is 0.772. The molecule has 0 aromatic carbocycles. The van der Waals surface area contributed by atoms with E-state index in [2.05, 4.69) is 38.0 Å². The molecule has 0 amide bonds. The molecule has 0 bridgehead atoms. The Kier molecular flexibility index (Phi) is 7.08. The highest BCUT2D eigenvalue weighted by molar-refractivity contribution is 7.18. The lowest BCUT2D eigenvalue weighted by Crippen LogP contribution is -2.37. The number of thiophene rings is 2. The van der Waals surface area contributed by atoms with Crippen molar-refractivity contribution in [3.8, 4) is 10.4 Å². The molecule has 2 aliphatic rings. The van der Waals surface area contributed by atoms with E-state index in [0.717, 1.165) is 101 Å². The van der Waals surface area contributed by atoms with Crippen LogP contribution in [-0.4, -0.2) is 85.5 Å². The Balaban J connectivity index is 1.35. The zero-order valence-electron chi connectivity index (χ0n) is 17.7. The first kappa shape index (κ1) is 21.2. The van der Waals surface area contributed by atoms with E-state index >= 15 is 0 Å². The normalized spacial score (nSPS) is 18.6. The number of hydrogen-bond donors (Lipinski definition) is 1. The van der Waals surface area contributed by atoms with Gasteiger partial charge in [0, 0.05) is 48.5 Å². The van der Waals surface area contributed by atoms with Crippen LogP contribution in [0.1, 0.15) is 12.2 Å². The lowest BCUT2D eigenvalue weighted by Gasteiger charge is -2.26. The number of rotatable bonds is 8. The summed E-state index contributed by atoms with van der Waals surface area (Å²) in [5.74, 6) is 1.87. The molecule has 2 saturated heterocycles. The minimum absolute atomic E-state index is 0.772. The molecule has 0 saturated carbocycles. The van der Waals surface area contributed by atoms with Crippen LogP contribution in [-0.2, 0) is 16.0 Å². The average molecular weight is 460 g/mol. The SMILES string of the molecule is c1csc(-c2csc3nc(CN4CCOCC4)nc(NCCCN4CCOCC4)c23)c1. The first-order valence-electron chi connectivity index (χ1n) is 11.0. The molecule has 3 aromatic heterocycles. The Hall–Kier alpha value is -1.62. The maximum atomic E-state index is 5.49. The fourth-order valence-corrected chi connectivity index (χ4v) is 5.87. The van der Waals surface area contributed by atoms with Crippen LogP contribution in [0.15, 0.2) is 22.9 Å². The summed E-state index contributed by atoms with van der Waals surface area (Å²) in [4.78, 5) is 17.1. The molecule has 5 rings (SSSR count). The van der Waals surface area contributed by atoms with Gasteiger partial charge >= 0.3 is 0 Å². The van der Waals surface area contributed by atoms with Crippen molar-refractivity contribution in [2.75, 3.05) is 71.0 Å². The number of morpholine rings is 2. The topological polar surface area (TPSA) is 62.8 Å². The minimum Gasteiger partial charge on any atom is -0.379 e. The lowest BCUT2D eigenvalue weighted by molar-refractivity contribution is 0.0331. The first-order valence-corrected chi connectivity index (χ1v) is 12.8. The molecule has 0 atom stereocenters. The van der Waals surface area contributed by atoms with Gasteiger partial charge < -0.3 is 14.8 Å². The highest BCUT2D eigenvalue weighted by atomic mass is 32.1. The molecule has 3 aromatic rings. The third-order valence-electron chi connectivity index (χ3n) is 5.78. The molecule has 0 radical (unpaired) electrons. The summed E-state index contributed by atoms with van der Waals surface area (Å²) in [7, 11) is 0. The zero-order valence-corrected chi connectivity index (χ0v) is 19.3. The molecule has 166 valence electrons. The van der Waals surface area contributed by atoms with Gasteiger partial charge in [0.05, 0.1) is 38.4 Å². The summed E-state index contributed by atoms with van der Waals surface area (Å²) in [6.07, 6.45) is 1.09. The zero-order chi connectivity index (χ0) is 20.9. The molecule has 0 spiro atoms. The quantitative estimate of drug-likeness (QED) is 0.518. The molecular weight excluding hydrogens is 430 g/mol. The van der Waals surface area contributed by atoms with Crippen LogP contribution in [0.4, 0.5) is 5.82 Å². The number of aromatic nitrogens is 2. The van der Waals surface area contributed by atoms with Gasteiger partial charge in [-0.2, -0.15) is 0 Å². The van der Waals surface area contributed by atoms with Crippen LogP contribution < -0.4 is 5.32 Å². The number of ether oxygens (including phenoxy) is 2. The first-order chi connectivity index (χ1) is 15.4. The molecule has 2 fully saturated rings. The van der Waals surface area contributed by atoms with Crippen molar-refractivity contribution in [3.05, 3.63) is 28.7 Å². The second-order valence-electron chi connectivity index (χ2n) is 7.92. The Morgan fingerprint density at radius 3 is 2.48 bits per heavy atom. The van der Waals surface area contributed by atoms with E-state index in [1.54, 1.807) is 22.7 Å². The highest BCUT2D eigenvalue weighted by Gasteiger charge is 2.18. The van der Waals surface area contributed by atoms with Crippen LogP contribution >= 0.6 is 22.7 Å². The summed E-state index contributed by atoms with van der Waals surface area (Å²) in [6, 6.07) is 4.28. The van der Waals surface area contributed by atoms with E-state index in [1.807, 2.05) is 0 Å². The molecule has 7 nitrogen and oxygen atoms in total. The van der Waals surface area contributed by atoms with E-state index < -0.39 is 0 Å². The average Bonchev–Trinajstić information content (AvgIpc) is 3.48. The molecular formula is C22H29N5O2S2. The Bertz CT molecular complexity index is 966. The van der Waals surface area contributed by atoms with Crippen LogP contribution in [0.2, 0.25) is 0 Å². The van der Waals surface area contributed by atoms with Gasteiger partial charge in [0.15, 0.2) is 0 Å². The van der Waals surface area contributed by atoms with E-state index in [9.17, 15) is 0 Å². The van der Waals surface area contributed by atoms with E-state index in [4.69, 9.17) is 19.4 Å². The van der Waals surface area contributed by atoms with Crippen molar-refractivity contribution in [2.45, 2.75) is 13.0 Å². The molecule has 2 aliphatic heterocycles. The Morgan fingerprint density at radius 2 is 1.74 bits per heavy atom. The lowest BCUT2D eigenvalue weighted by atomic mass is 10.2. The summed E-state index contributed by atoms with van der Waals surface area (Å²) in [5.41, 5.74) is 1.24. The van der Waals surface area contributed by atoms with Crippen molar-refractivity contribution >= 4 is 38.7 Å². The fraction of sp³-hybridized carbons (Fsp3) is 0.545. The molecule has 0 aliphatic carbocycles. The molecule has 31 heavy (non-hydrogen) atoms. The van der Waals surface area contributed by atoms with Crippen LogP contribution in [0.5, 0.6) is 0 Å². The molecule has 1 N–H and O–H groups in total. The van der Waals surface area contributed by atoms with Crippen molar-refractivity contribution in [3.63, 3.8) is 0 Å². The van der Waals surface area contributed by atoms with E-state index in [1.165, 1.54) is 10.4 Å².